The number of aliphatic hydroxyl groups is 1. The van der Waals surface area contributed by atoms with Crippen LogP contribution in [-0.2, 0) is 11.3 Å². The SMILES string of the molecule is C=CCOC[C@@H](O)CN(Cc1nc2sc(C(C)C)cc2c(=O)[nH]1)CC(C)C. The summed E-state index contributed by atoms with van der Waals surface area (Å²) >= 11 is 1.57. The fraction of sp³-hybridized carbons (Fsp3) is 0.600. The molecule has 0 radical (unpaired) electrons. The number of thiophene rings is 1. The monoisotopic (exact) mass is 393 g/mol. The summed E-state index contributed by atoms with van der Waals surface area (Å²) in [5.41, 5.74) is -0.0995. The number of aliphatic hydroxyl groups excluding tert-OH is 1. The topological polar surface area (TPSA) is 78.5 Å². The maximum Gasteiger partial charge on any atom is 0.259 e. The van der Waals surface area contributed by atoms with E-state index in [9.17, 15) is 9.90 Å². The van der Waals surface area contributed by atoms with Crippen molar-refractivity contribution in [2.24, 2.45) is 5.92 Å². The van der Waals surface area contributed by atoms with E-state index >= 15 is 0 Å². The van der Waals surface area contributed by atoms with Crippen molar-refractivity contribution < 1.29 is 9.84 Å². The minimum atomic E-state index is -0.603. The number of rotatable bonds is 11. The molecule has 0 fully saturated rings. The maximum absolute atomic E-state index is 12.4. The summed E-state index contributed by atoms with van der Waals surface area (Å²) in [5, 5.41) is 10.9. The van der Waals surface area contributed by atoms with Gasteiger partial charge in [-0.2, -0.15) is 0 Å². The molecule has 2 N–H and O–H groups in total. The Bertz CT molecular complexity index is 797. The lowest BCUT2D eigenvalue weighted by Crippen LogP contribution is -2.37. The van der Waals surface area contributed by atoms with Crippen LogP contribution < -0.4 is 5.56 Å². The van der Waals surface area contributed by atoms with E-state index in [1.54, 1.807) is 17.4 Å². The highest BCUT2D eigenvalue weighted by Crippen LogP contribution is 2.27. The Balaban J connectivity index is 2.15. The van der Waals surface area contributed by atoms with Gasteiger partial charge in [0.05, 0.1) is 31.2 Å². The average molecular weight is 394 g/mol. The molecular formula is C20H31N3O3S. The van der Waals surface area contributed by atoms with Gasteiger partial charge in [0.15, 0.2) is 0 Å². The highest BCUT2D eigenvalue weighted by atomic mass is 32.1. The second kappa shape index (κ2) is 10.1. The molecule has 6 nitrogen and oxygen atoms in total. The van der Waals surface area contributed by atoms with Crippen LogP contribution in [0.15, 0.2) is 23.5 Å². The zero-order valence-corrected chi connectivity index (χ0v) is 17.5. The van der Waals surface area contributed by atoms with E-state index in [2.05, 4.69) is 49.1 Å². The first kappa shape index (κ1) is 21.8. The van der Waals surface area contributed by atoms with Crippen molar-refractivity contribution >= 4 is 21.6 Å². The Labute approximate surface area is 164 Å². The first-order chi connectivity index (χ1) is 12.8. The van der Waals surface area contributed by atoms with Crippen molar-refractivity contribution in [3.05, 3.63) is 39.8 Å². The van der Waals surface area contributed by atoms with Crippen LogP contribution in [0, 0.1) is 5.92 Å². The molecule has 0 aliphatic rings. The summed E-state index contributed by atoms with van der Waals surface area (Å²) in [6.07, 6.45) is 1.06. The second-order valence-corrected chi connectivity index (χ2v) is 8.67. The minimum absolute atomic E-state index is 0.0995. The summed E-state index contributed by atoms with van der Waals surface area (Å²) < 4.78 is 5.34. The number of nitrogens with zero attached hydrogens (tertiary/aromatic N) is 2. The van der Waals surface area contributed by atoms with Gasteiger partial charge in [-0.05, 0) is 17.9 Å². The standard InChI is InChI=1S/C20H31N3O3S/c1-6-7-26-12-15(24)10-23(9-13(2)3)11-18-21-19(25)16-8-17(14(4)5)27-20(16)22-18/h6,8,13-15,24H,1,7,9-12H2,2-5H3,(H,21,22,25)/t15-/m0/s1. The maximum atomic E-state index is 12.4. The third kappa shape index (κ3) is 6.53. The van der Waals surface area contributed by atoms with Gasteiger partial charge in [0.25, 0.3) is 5.56 Å². The number of H-pyrrole nitrogens is 1. The number of ether oxygens (including phenoxy) is 1. The van der Waals surface area contributed by atoms with E-state index < -0.39 is 6.10 Å². The first-order valence-corrected chi connectivity index (χ1v) is 10.2. The van der Waals surface area contributed by atoms with Gasteiger partial charge in [-0.15, -0.1) is 17.9 Å². The third-order valence-corrected chi connectivity index (χ3v) is 5.38. The van der Waals surface area contributed by atoms with Crippen LogP contribution in [0.2, 0.25) is 0 Å². The molecule has 0 saturated heterocycles. The van der Waals surface area contributed by atoms with Gasteiger partial charge in [-0.1, -0.05) is 33.8 Å². The molecule has 0 spiro atoms. The third-order valence-electron chi connectivity index (χ3n) is 4.05. The first-order valence-electron chi connectivity index (χ1n) is 9.41. The van der Waals surface area contributed by atoms with Crippen molar-refractivity contribution in [2.75, 3.05) is 26.3 Å². The van der Waals surface area contributed by atoms with E-state index in [4.69, 9.17) is 4.74 Å². The van der Waals surface area contributed by atoms with Crippen LogP contribution in [0.1, 0.15) is 44.3 Å². The number of nitrogens with one attached hydrogen (secondary N) is 1. The highest BCUT2D eigenvalue weighted by Gasteiger charge is 2.17. The van der Waals surface area contributed by atoms with E-state index in [1.807, 2.05) is 6.07 Å². The largest absolute Gasteiger partial charge is 0.389 e. The minimum Gasteiger partial charge on any atom is -0.389 e. The van der Waals surface area contributed by atoms with Gasteiger partial charge in [0.2, 0.25) is 0 Å². The number of fused-ring (bicyclic) bond motifs is 1. The summed E-state index contributed by atoms with van der Waals surface area (Å²) in [5.74, 6) is 1.43. The molecule has 2 aromatic heterocycles. The molecule has 0 amide bonds. The molecule has 0 aliphatic heterocycles. The molecule has 0 bridgehead atoms. The predicted octanol–water partition coefficient (Wildman–Crippen LogP) is 3.13. The van der Waals surface area contributed by atoms with Crippen molar-refractivity contribution in [3.63, 3.8) is 0 Å². The summed E-state index contributed by atoms with van der Waals surface area (Å²) in [6, 6.07) is 1.94. The zero-order valence-electron chi connectivity index (χ0n) is 16.7. The van der Waals surface area contributed by atoms with Crippen molar-refractivity contribution in [2.45, 2.75) is 46.3 Å². The van der Waals surface area contributed by atoms with Crippen molar-refractivity contribution in [1.29, 1.82) is 0 Å². The predicted molar refractivity (Wildman–Crippen MR) is 111 cm³/mol. The van der Waals surface area contributed by atoms with Gasteiger partial charge >= 0.3 is 0 Å². The molecule has 2 aromatic rings. The van der Waals surface area contributed by atoms with Crippen LogP contribution in [0.25, 0.3) is 10.2 Å². The molecule has 0 aliphatic carbocycles. The number of hydrogen-bond acceptors (Lipinski definition) is 6. The number of aromatic nitrogens is 2. The van der Waals surface area contributed by atoms with E-state index in [-0.39, 0.29) is 12.2 Å². The lowest BCUT2D eigenvalue weighted by atomic mass is 10.2. The Morgan fingerprint density at radius 2 is 2.11 bits per heavy atom. The van der Waals surface area contributed by atoms with Gasteiger partial charge in [-0.3, -0.25) is 9.69 Å². The van der Waals surface area contributed by atoms with Gasteiger partial charge in [0.1, 0.15) is 10.7 Å². The van der Waals surface area contributed by atoms with Gasteiger partial charge in [-0.25, -0.2) is 4.98 Å². The lowest BCUT2D eigenvalue weighted by molar-refractivity contribution is 0.0218. The molecule has 0 aromatic carbocycles. The molecular weight excluding hydrogens is 362 g/mol. The van der Waals surface area contributed by atoms with Crippen LogP contribution in [0.4, 0.5) is 0 Å². The average Bonchev–Trinajstić information content (AvgIpc) is 2.99. The molecule has 1 atom stereocenters. The molecule has 0 unspecified atom stereocenters. The van der Waals surface area contributed by atoms with Crippen LogP contribution in [-0.4, -0.2) is 52.4 Å². The van der Waals surface area contributed by atoms with E-state index in [0.717, 1.165) is 16.3 Å². The highest BCUT2D eigenvalue weighted by molar-refractivity contribution is 7.18. The molecule has 150 valence electrons. The Morgan fingerprint density at radius 3 is 2.74 bits per heavy atom. The quantitative estimate of drug-likeness (QED) is 0.453. The Morgan fingerprint density at radius 1 is 1.37 bits per heavy atom. The summed E-state index contributed by atoms with van der Waals surface area (Å²) in [4.78, 5) is 24.1. The van der Waals surface area contributed by atoms with Gasteiger partial charge in [0, 0.05) is 18.0 Å². The smallest absolute Gasteiger partial charge is 0.259 e. The summed E-state index contributed by atoms with van der Waals surface area (Å²) in [6.45, 7) is 14.5. The molecule has 7 heteroatoms. The normalized spacial score (nSPS) is 13.2. The van der Waals surface area contributed by atoms with E-state index in [1.165, 1.54) is 0 Å². The van der Waals surface area contributed by atoms with Crippen molar-refractivity contribution in [3.8, 4) is 0 Å². The zero-order chi connectivity index (χ0) is 20.0. The molecule has 2 heterocycles. The van der Waals surface area contributed by atoms with Crippen LogP contribution in [0.5, 0.6) is 0 Å². The molecule has 2 rings (SSSR count). The molecule has 0 saturated carbocycles. The summed E-state index contributed by atoms with van der Waals surface area (Å²) in [7, 11) is 0. The van der Waals surface area contributed by atoms with Crippen LogP contribution in [0.3, 0.4) is 0 Å². The Hall–Kier alpha value is -1.54. The second-order valence-electron chi connectivity index (χ2n) is 7.60. The lowest BCUT2D eigenvalue weighted by Gasteiger charge is -2.26. The van der Waals surface area contributed by atoms with Gasteiger partial charge < -0.3 is 14.8 Å². The fourth-order valence-corrected chi connectivity index (χ4v) is 3.98. The fourth-order valence-electron chi connectivity index (χ4n) is 2.92. The Kier molecular flexibility index (Phi) is 8.16. The number of hydrogen-bond donors (Lipinski definition) is 2. The van der Waals surface area contributed by atoms with E-state index in [0.29, 0.717) is 42.7 Å². The number of aromatic amines is 1. The van der Waals surface area contributed by atoms with Crippen molar-refractivity contribution in [1.82, 2.24) is 14.9 Å². The molecule has 27 heavy (non-hydrogen) atoms. The van der Waals surface area contributed by atoms with Crippen LogP contribution >= 0.6 is 11.3 Å².